The highest BCUT2D eigenvalue weighted by Crippen LogP contribution is 2.41. The zero-order chi connectivity index (χ0) is 21.5. The predicted molar refractivity (Wildman–Crippen MR) is 109 cm³/mol. The molecule has 2 aliphatic rings. The van der Waals surface area contributed by atoms with E-state index in [1.165, 1.54) is 35.4 Å². The molecule has 1 fully saturated rings. The van der Waals surface area contributed by atoms with Crippen molar-refractivity contribution < 1.29 is 28.2 Å². The highest BCUT2D eigenvalue weighted by Gasteiger charge is 2.46. The van der Waals surface area contributed by atoms with Crippen LogP contribution in [-0.4, -0.2) is 28.3 Å². The molecule has 0 aliphatic carbocycles. The normalized spacial score (nSPS) is 19.5. The van der Waals surface area contributed by atoms with Gasteiger partial charge in [-0.25, -0.2) is 4.39 Å². The molecule has 0 bridgehead atoms. The third-order valence-electron chi connectivity index (χ3n) is 5.59. The smallest absolute Gasteiger partial charge is 0.296 e. The van der Waals surface area contributed by atoms with Gasteiger partial charge in [0.2, 0.25) is 0 Å². The van der Waals surface area contributed by atoms with Gasteiger partial charge in [0.15, 0.2) is 0 Å². The standard InChI is InChI=1S/C24H18FNO5/c25-17-6-3-14(4-7-17)21-20(22(27)16-5-8-19-15(12-16)9-11-31-19)23(28)24(29)26(21)13-18-2-1-10-30-18/h1-8,10,12,21,27H,9,11,13H2/b22-20-. The third-order valence-corrected chi connectivity index (χ3v) is 5.59. The Hall–Kier alpha value is -3.87. The van der Waals surface area contributed by atoms with Crippen molar-refractivity contribution in [2.75, 3.05) is 6.61 Å². The van der Waals surface area contributed by atoms with Crippen molar-refractivity contribution in [3.05, 3.63) is 94.7 Å². The molecule has 1 atom stereocenters. The minimum absolute atomic E-state index is 0.0361. The molecule has 1 aromatic heterocycles. The number of carbonyl (C=O) groups excluding carboxylic acids is 2. The molecule has 156 valence electrons. The number of ether oxygens (including phenoxy) is 1. The summed E-state index contributed by atoms with van der Waals surface area (Å²) in [6.45, 7) is 0.594. The van der Waals surface area contributed by atoms with E-state index in [0.29, 0.717) is 29.9 Å². The summed E-state index contributed by atoms with van der Waals surface area (Å²) in [5, 5.41) is 11.1. The van der Waals surface area contributed by atoms with E-state index >= 15 is 0 Å². The summed E-state index contributed by atoms with van der Waals surface area (Å²) < 4.78 is 24.4. The molecular weight excluding hydrogens is 401 g/mol. The maximum atomic E-state index is 13.5. The van der Waals surface area contributed by atoms with E-state index < -0.39 is 23.5 Å². The molecule has 0 radical (unpaired) electrons. The Morgan fingerprint density at radius 3 is 2.68 bits per heavy atom. The van der Waals surface area contributed by atoms with E-state index in [4.69, 9.17) is 9.15 Å². The van der Waals surface area contributed by atoms with Gasteiger partial charge in [-0.05, 0) is 53.6 Å². The molecule has 0 spiro atoms. The van der Waals surface area contributed by atoms with Crippen LogP contribution in [0.5, 0.6) is 5.75 Å². The van der Waals surface area contributed by atoms with Crippen molar-refractivity contribution in [3.8, 4) is 5.75 Å². The highest BCUT2D eigenvalue weighted by molar-refractivity contribution is 6.46. The highest BCUT2D eigenvalue weighted by atomic mass is 19.1. The van der Waals surface area contributed by atoms with Gasteiger partial charge >= 0.3 is 0 Å². The van der Waals surface area contributed by atoms with Gasteiger partial charge in [0.05, 0.1) is 31.0 Å². The average Bonchev–Trinajstić information content (AvgIpc) is 3.51. The molecule has 0 saturated carbocycles. The Labute approximate surface area is 177 Å². The molecule has 1 N–H and O–H groups in total. The minimum Gasteiger partial charge on any atom is -0.507 e. The zero-order valence-electron chi connectivity index (χ0n) is 16.4. The van der Waals surface area contributed by atoms with Crippen molar-refractivity contribution in [1.82, 2.24) is 4.90 Å². The Balaban J connectivity index is 1.64. The summed E-state index contributed by atoms with van der Waals surface area (Å²) in [5.74, 6) is -1.03. The number of furan rings is 1. The summed E-state index contributed by atoms with van der Waals surface area (Å²) in [7, 11) is 0. The number of aliphatic hydroxyl groups is 1. The molecule has 2 aliphatic heterocycles. The van der Waals surface area contributed by atoms with Crippen molar-refractivity contribution in [1.29, 1.82) is 0 Å². The maximum Gasteiger partial charge on any atom is 0.296 e. The fraction of sp³-hybridized carbons (Fsp3) is 0.167. The first-order valence-electron chi connectivity index (χ1n) is 9.85. The topological polar surface area (TPSA) is 80.0 Å². The maximum absolute atomic E-state index is 13.5. The molecule has 3 heterocycles. The lowest BCUT2D eigenvalue weighted by molar-refractivity contribution is -0.140. The molecule has 3 aromatic rings. The molecular formula is C24H18FNO5. The van der Waals surface area contributed by atoms with E-state index in [1.807, 2.05) is 0 Å². The number of likely N-dealkylation sites (tertiary alicyclic amines) is 1. The number of hydrogen-bond acceptors (Lipinski definition) is 5. The Kier molecular flexibility index (Phi) is 4.58. The van der Waals surface area contributed by atoms with Crippen LogP contribution in [-0.2, 0) is 22.6 Å². The number of benzene rings is 2. The number of Topliss-reactive ketones (excluding diaryl/α,β-unsaturated/α-hetero) is 1. The van der Waals surface area contributed by atoms with Crippen LogP contribution < -0.4 is 4.74 Å². The van der Waals surface area contributed by atoms with Gasteiger partial charge in [0.1, 0.15) is 23.1 Å². The number of amides is 1. The number of halogens is 1. The number of hydrogen-bond donors (Lipinski definition) is 1. The van der Waals surface area contributed by atoms with Crippen LogP contribution in [0.4, 0.5) is 4.39 Å². The summed E-state index contributed by atoms with van der Waals surface area (Å²) >= 11 is 0. The van der Waals surface area contributed by atoms with E-state index in [2.05, 4.69) is 0 Å². The molecule has 6 nitrogen and oxygen atoms in total. The molecule has 5 rings (SSSR count). The lowest BCUT2D eigenvalue weighted by atomic mass is 9.94. The van der Waals surface area contributed by atoms with Gasteiger partial charge in [0.25, 0.3) is 11.7 Å². The minimum atomic E-state index is -0.879. The van der Waals surface area contributed by atoms with Gasteiger partial charge in [0, 0.05) is 12.0 Å². The van der Waals surface area contributed by atoms with Gasteiger partial charge < -0.3 is 19.2 Å². The Morgan fingerprint density at radius 2 is 1.94 bits per heavy atom. The SMILES string of the molecule is O=C1C(=O)N(Cc2ccco2)C(c2ccc(F)cc2)/C1=C(/O)c1ccc2c(c1)CCO2. The molecule has 7 heteroatoms. The molecule has 31 heavy (non-hydrogen) atoms. The van der Waals surface area contributed by atoms with E-state index in [0.717, 1.165) is 11.3 Å². The van der Waals surface area contributed by atoms with Crippen LogP contribution in [0.2, 0.25) is 0 Å². The van der Waals surface area contributed by atoms with E-state index in [1.54, 1.807) is 30.3 Å². The first-order valence-corrected chi connectivity index (χ1v) is 9.85. The third kappa shape index (κ3) is 3.28. The van der Waals surface area contributed by atoms with Gasteiger partial charge in [-0.1, -0.05) is 12.1 Å². The fourth-order valence-corrected chi connectivity index (χ4v) is 4.09. The fourth-order valence-electron chi connectivity index (χ4n) is 4.09. The largest absolute Gasteiger partial charge is 0.507 e. The predicted octanol–water partition coefficient (Wildman–Crippen LogP) is 3.98. The van der Waals surface area contributed by atoms with Gasteiger partial charge in [-0.3, -0.25) is 9.59 Å². The Bertz CT molecular complexity index is 1200. The van der Waals surface area contributed by atoms with Gasteiger partial charge in [-0.15, -0.1) is 0 Å². The molecule has 2 aromatic carbocycles. The summed E-state index contributed by atoms with van der Waals surface area (Å²) in [6.07, 6.45) is 2.18. The first kappa shape index (κ1) is 19.1. The average molecular weight is 419 g/mol. The summed E-state index contributed by atoms with van der Waals surface area (Å²) in [6, 6.07) is 13.2. The summed E-state index contributed by atoms with van der Waals surface area (Å²) in [5.41, 5.74) is 1.82. The van der Waals surface area contributed by atoms with Crippen LogP contribution in [0.25, 0.3) is 5.76 Å². The monoisotopic (exact) mass is 419 g/mol. The number of aliphatic hydroxyl groups excluding tert-OH is 1. The van der Waals surface area contributed by atoms with Crippen molar-refractivity contribution >= 4 is 17.4 Å². The number of nitrogens with zero attached hydrogens (tertiary/aromatic N) is 1. The second-order valence-corrected chi connectivity index (χ2v) is 7.48. The number of carbonyl (C=O) groups is 2. The van der Waals surface area contributed by atoms with Crippen LogP contribution in [0, 0.1) is 5.82 Å². The number of ketones is 1. The van der Waals surface area contributed by atoms with Crippen LogP contribution in [0.15, 0.2) is 70.9 Å². The molecule has 1 unspecified atom stereocenters. The lowest BCUT2D eigenvalue weighted by Gasteiger charge is -2.24. The first-order chi connectivity index (χ1) is 15.0. The number of rotatable bonds is 4. The van der Waals surface area contributed by atoms with E-state index in [9.17, 15) is 19.1 Å². The Morgan fingerprint density at radius 1 is 1.13 bits per heavy atom. The van der Waals surface area contributed by atoms with E-state index in [-0.39, 0.29) is 17.9 Å². The zero-order valence-corrected chi connectivity index (χ0v) is 16.4. The quantitative estimate of drug-likeness (QED) is 0.393. The second kappa shape index (κ2) is 7.43. The number of fused-ring (bicyclic) bond motifs is 1. The van der Waals surface area contributed by atoms with Crippen molar-refractivity contribution in [2.24, 2.45) is 0 Å². The summed E-state index contributed by atoms with van der Waals surface area (Å²) in [4.78, 5) is 27.2. The van der Waals surface area contributed by atoms with Gasteiger partial charge in [-0.2, -0.15) is 0 Å². The van der Waals surface area contributed by atoms with Crippen molar-refractivity contribution in [2.45, 2.75) is 19.0 Å². The van der Waals surface area contributed by atoms with Crippen LogP contribution in [0.1, 0.15) is 28.5 Å². The van der Waals surface area contributed by atoms with Crippen LogP contribution >= 0.6 is 0 Å². The second-order valence-electron chi connectivity index (χ2n) is 7.48. The molecule has 1 saturated heterocycles. The molecule has 1 amide bonds. The lowest BCUT2D eigenvalue weighted by Crippen LogP contribution is -2.29. The van der Waals surface area contributed by atoms with Crippen LogP contribution in [0.3, 0.4) is 0 Å². The van der Waals surface area contributed by atoms with Crippen molar-refractivity contribution in [3.63, 3.8) is 0 Å².